The second-order valence-corrected chi connectivity index (χ2v) is 9.45. The van der Waals surface area contributed by atoms with Gasteiger partial charge in [0.25, 0.3) is 5.91 Å². The summed E-state index contributed by atoms with van der Waals surface area (Å²) < 4.78 is 1.16. The minimum atomic E-state index is -0.203. The van der Waals surface area contributed by atoms with Crippen LogP contribution in [0.25, 0.3) is 10.1 Å². The molecule has 0 radical (unpaired) electrons. The van der Waals surface area contributed by atoms with Gasteiger partial charge in [-0.1, -0.05) is 18.2 Å². The van der Waals surface area contributed by atoms with Gasteiger partial charge in [0.05, 0.1) is 11.4 Å². The van der Waals surface area contributed by atoms with E-state index in [2.05, 4.69) is 28.1 Å². The predicted octanol–water partition coefficient (Wildman–Crippen LogP) is 3.57. The third-order valence-electron chi connectivity index (χ3n) is 5.60. The average molecular weight is 430 g/mol. The molecule has 1 heterocycles. The van der Waals surface area contributed by atoms with Gasteiger partial charge in [0, 0.05) is 24.2 Å². The van der Waals surface area contributed by atoms with E-state index in [1.165, 1.54) is 17.9 Å². The number of benzene rings is 1. The second-order valence-electron chi connectivity index (χ2n) is 8.40. The fraction of sp³-hybridized carbons (Fsp3) is 0.522. The van der Waals surface area contributed by atoms with Gasteiger partial charge in [-0.3, -0.25) is 14.4 Å². The molecule has 7 heteroatoms. The fourth-order valence-corrected chi connectivity index (χ4v) is 5.34. The number of amides is 3. The van der Waals surface area contributed by atoms with E-state index in [-0.39, 0.29) is 30.3 Å². The standard InChI is InChI=1S/C23H31N3O3S/c1-14(2)26-23(29)22-21(18-6-4-5-7-19(18)30-22)17-10-8-16(9-11-17)12-25-20(28)13-24-15(3)27/h4-7,14,16-17H,8-13H2,1-3H3,(H,24,27)(H,25,28)(H,26,29). The Balaban J connectivity index is 1.65. The maximum Gasteiger partial charge on any atom is 0.261 e. The van der Waals surface area contributed by atoms with Crippen molar-refractivity contribution >= 4 is 39.1 Å². The zero-order valence-electron chi connectivity index (χ0n) is 17.9. The molecule has 6 nitrogen and oxygen atoms in total. The summed E-state index contributed by atoms with van der Waals surface area (Å²) in [5, 5.41) is 9.69. The number of carbonyl (C=O) groups is 3. The normalized spacial score (nSPS) is 18.9. The zero-order valence-corrected chi connectivity index (χ0v) is 18.7. The third-order valence-corrected chi connectivity index (χ3v) is 6.79. The number of thiophene rings is 1. The first-order valence-corrected chi connectivity index (χ1v) is 11.5. The van der Waals surface area contributed by atoms with Crippen molar-refractivity contribution in [1.29, 1.82) is 0 Å². The maximum atomic E-state index is 12.9. The molecule has 0 saturated heterocycles. The minimum Gasteiger partial charge on any atom is -0.354 e. The topological polar surface area (TPSA) is 87.3 Å². The average Bonchev–Trinajstić information content (AvgIpc) is 3.10. The highest BCUT2D eigenvalue weighted by molar-refractivity contribution is 7.21. The summed E-state index contributed by atoms with van der Waals surface area (Å²) in [7, 11) is 0. The smallest absolute Gasteiger partial charge is 0.261 e. The van der Waals surface area contributed by atoms with E-state index in [1.807, 2.05) is 26.0 Å². The van der Waals surface area contributed by atoms with Crippen LogP contribution in [0.15, 0.2) is 24.3 Å². The molecule has 1 aromatic heterocycles. The first-order valence-electron chi connectivity index (χ1n) is 10.7. The molecule has 0 aliphatic heterocycles. The van der Waals surface area contributed by atoms with Gasteiger partial charge in [-0.05, 0) is 68.4 Å². The number of fused-ring (bicyclic) bond motifs is 1. The van der Waals surface area contributed by atoms with Gasteiger partial charge < -0.3 is 16.0 Å². The van der Waals surface area contributed by atoms with Crippen LogP contribution in [-0.2, 0) is 9.59 Å². The highest BCUT2D eigenvalue weighted by Crippen LogP contribution is 2.43. The van der Waals surface area contributed by atoms with Gasteiger partial charge in [0.2, 0.25) is 11.8 Å². The van der Waals surface area contributed by atoms with Crippen LogP contribution in [0.2, 0.25) is 0 Å². The molecule has 1 aliphatic carbocycles. The number of hydrogen-bond donors (Lipinski definition) is 3. The van der Waals surface area contributed by atoms with Crippen molar-refractivity contribution in [2.45, 2.75) is 58.4 Å². The van der Waals surface area contributed by atoms with Crippen LogP contribution < -0.4 is 16.0 Å². The Morgan fingerprint density at radius 1 is 1.07 bits per heavy atom. The summed E-state index contributed by atoms with van der Waals surface area (Å²) in [5.74, 6) is 0.462. The number of hydrogen-bond acceptors (Lipinski definition) is 4. The molecular formula is C23H31N3O3S. The van der Waals surface area contributed by atoms with E-state index >= 15 is 0 Å². The van der Waals surface area contributed by atoms with E-state index in [4.69, 9.17) is 0 Å². The van der Waals surface area contributed by atoms with Gasteiger partial charge in [-0.25, -0.2) is 0 Å². The maximum absolute atomic E-state index is 12.9. The Labute approximate surface area is 181 Å². The summed E-state index contributed by atoms with van der Waals surface area (Å²) in [6.45, 7) is 6.03. The van der Waals surface area contributed by atoms with Crippen LogP contribution in [-0.4, -0.2) is 36.9 Å². The molecule has 2 aromatic rings. The second kappa shape index (κ2) is 10.1. The van der Waals surface area contributed by atoms with Gasteiger partial charge >= 0.3 is 0 Å². The predicted molar refractivity (Wildman–Crippen MR) is 121 cm³/mol. The molecule has 0 spiro atoms. The van der Waals surface area contributed by atoms with Crippen molar-refractivity contribution in [1.82, 2.24) is 16.0 Å². The van der Waals surface area contributed by atoms with Crippen LogP contribution in [0.1, 0.15) is 67.6 Å². The van der Waals surface area contributed by atoms with Crippen molar-refractivity contribution in [3.8, 4) is 0 Å². The zero-order chi connectivity index (χ0) is 21.7. The summed E-state index contributed by atoms with van der Waals surface area (Å²) in [6.07, 6.45) is 4.05. The molecule has 162 valence electrons. The van der Waals surface area contributed by atoms with Crippen LogP contribution >= 0.6 is 11.3 Å². The third kappa shape index (κ3) is 5.59. The van der Waals surface area contributed by atoms with Crippen molar-refractivity contribution in [2.75, 3.05) is 13.1 Å². The molecule has 0 atom stereocenters. The Bertz CT molecular complexity index is 914. The van der Waals surface area contributed by atoms with E-state index in [1.54, 1.807) is 11.3 Å². The Morgan fingerprint density at radius 2 is 1.77 bits per heavy atom. The lowest BCUT2D eigenvalue weighted by atomic mass is 9.77. The molecule has 1 aliphatic rings. The molecule has 0 unspecified atom stereocenters. The van der Waals surface area contributed by atoms with E-state index < -0.39 is 0 Å². The van der Waals surface area contributed by atoms with E-state index in [9.17, 15) is 14.4 Å². The van der Waals surface area contributed by atoms with Crippen molar-refractivity contribution in [3.63, 3.8) is 0 Å². The Morgan fingerprint density at radius 3 is 2.43 bits per heavy atom. The molecular weight excluding hydrogens is 398 g/mol. The van der Waals surface area contributed by atoms with Gasteiger partial charge in [0.15, 0.2) is 0 Å². The lowest BCUT2D eigenvalue weighted by Crippen LogP contribution is -2.38. The SMILES string of the molecule is CC(=O)NCC(=O)NCC1CCC(c2c(C(=O)NC(C)C)sc3ccccc23)CC1. The number of rotatable bonds is 7. The van der Waals surface area contributed by atoms with Gasteiger partial charge in [-0.2, -0.15) is 0 Å². The molecule has 1 aromatic carbocycles. The van der Waals surface area contributed by atoms with Gasteiger partial charge in [-0.15, -0.1) is 11.3 Å². The minimum absolute atomic E-state index is 0.0218. The Kier molecular flexibility index (Phi) is 7.48. The van der Waals surface area contributed by atoms with E-state index in [0.717, 1.165) is 35.3 Å². The first-order chi connectivity index (χ1) is 14.3. The lowest BCUT2D eigenvalue weighted by Gasteiger charge is -2.29. The van der Waals surface area contributed by atoms with Crippen molar-refractivity contribution < 1.29 is 14.4 Å². The molecule has 3 amide bonds. The molecule has 3 N–H and O–H groups in total. The van der Waals surface area contributed by atoms with E-state index in [0.29, 0.717) is 18.4 Å². The molecule has 3 rings (SSSR count). The number of nitrogens with one attached hydrogen (secondary N) is 3. The fourth-order valence-electron chi connectivity index (χ4n) is 4.15. The van der Waals surface area contributed by atoms with Crippen LogP contribution in [0.5, 0.6) is 0 Å². The number of carbonyl (C=O) groups excluding carboxylic acids is 3. The highest BCUT2D eigenvalue weighted by atomic mass is 32.1. The van der Waals surface area contributed by atoms with Crippen molar-refractivity contribution in [3.05, 3.63) is 34.7 Å². The van der Waals surface area contributed by atoms with Crippen LogP contribution in [0.3, 0.4) is 0 Å². The highest BCUT2D eigenvalue weighted by Gasteiger charge is 2.29. The summed E-state index contributed by atoms with van der Waals surface area (Å²) in [6, 6.07) is 8.38. The van der Waals surface area contributed by atoms with Crippen molar-refractivity contribution in [2.24, 2.45) is 5.92 Å². The van der Waals surface area contributed by atoms with Crippen LogP contribution in [0, 0.1) is 5.92 Å². The molecule has 0 bridgehead atoms. The summed E-state index contributed by atoms with van der Waals surface area (Å²) in [5.41, 5.74) is 1.20. The first kappa shape index (κ1) is 22.3. The van der Waals surface area contributed by atoms with Gasteiger partial charge in [0.1, 0.15) is 0 Å². The monoisotopic (exact) mass is 429 g/mol. The quantitative estimate of drug-likeness (QED) is 0.629. The largest absolute Gasteiger partial charge is 0.354 e. The molecule has 1 fully saturated rings. The molecule has 1 saturated carbocycles. The Hall–Kier alpha value is -2.41. The summed E-state index contributed by atoms with van der Waals surface area (Å²) >= 11 is 1.59. The lowest BCUT2D eigenvalue weighted by molar-refractivity contribution is -0.125. The molecule has 30 heavy (non-hydrogen) atoms. The van der Waals surface area contributed by atoms with Crippen LogP contribution in [0.4, 0.5) is 0 Å². The summed E-state index contributed by atoms with van der Waals surface area (Å²) in [4.78, 5) is 36.4.